The van der Waals surface area contributed by atoms with E-state index in [1.807, 2.05) is 29.8 Å². The van der Waals surface area contributed by atoms with Gasteiger partial charge in [0.15, 0.2) is 0 Å². The van der Waals surface area contributed by atoms with Gasteiger partial charge in [0.1, 0.15) is 23.9 Å². The highest BCUT2D eigenvalue weighted by molar-refractivity contribution is 5.97. The second kappa shape index (κ2) is 11.3. The van der Waals surface area contributed by atoms with Crippen molar-refractivity contribution < 1.29 is 27.4 Å². The van der Waals surface area contributed by atoms with Gasteiger partial charge >= 0.3 is 6.36 Å². The first-order valence-corrected chi connectivity index (χ1v) is 11.3. The van der Waals surface area contributed by atoms with Crippen molar-refractivity contribution >= 4 is 17.4 Å². The predicted octanol–water partition coefficient (Wildman–Crippen LogP) is 4.80. The highest BCUT2D eigenvalue weighted by Gasteiger charge is 2.31. The Morgan fingerprint density at radius 1 is 1.14 bits per heavy atom. The molecule has 0 radical (unpaired) electrons. The largest absolute Gasteiger partial charge is 0.573 e. The summed E-state index contributed by atoms with van der Waals surface area (Å²) in [5, 5.41) is 7.94. The number of rotatable bonds is 10. The lowest BCUT2D eigenvalue weighted by Gasteiger charge is -2.14. The van der Waals surface area contributed by atoms with E-state index in [0.29, 0.717) is 36.0 Å². The van der Waals surface area contributed by atoms with Crippen LogP contribution in [0.15, 0.2) is 59.7 Å². The van der Waals surface area contributed by atoms with E-state index in [9.17, 15) is 13.2 Å². The lowest BCUT2D eigenvalue weighted by molar-refractivity contribution is -0.274. The number of aliphatic imine (C=N–C) groups is 1. The summed E-state index contributed by atoms with van der Waals surface area (Å²) in [7, 11) is 1.68. The van der Waals surface area contributed by atoms with Crippen molar-refractivity contribution in [3.8, 4) is 5.75 Å². The fourth-order valence-electron chi connectivity index (χ4n) is 3.58. The van der Waals surface area contributed by atoms with Crippen LogP contribution < -0.4 is 10.1 Å². The van der Waals surface area contributed by atoms with E-state index in [1.54, 1.807) is 19.4 Å². The van der Waals surface area contributed by atoms with Crippen LogP contribution in [0.5, 0.6) is 5.75 Å². The summed E-state index contributed by atoms with van der Waals surface area (Å²) >= 11 is 0. The van der Waals surface area contributed by atoms with Gasteiger partial charge in [-0.05, 0) is 67.4 Å². The minimum absolute atomic E-state index is 0.267. The minimum Gasteiger partial charge on any atom is -0.472 e. The number of nitrogens with zero attached hydrogens (tertiary/aromatic N) is 4. The fourth-order valence-corrected chi connectivity index (χ4v) is 3.58. The van der Waals surface area contributed by atoms with Crippen molar-refractivity contribution in [2.45, 2.75) is 26.3 Å². The number of hydrogen-bond donors (Lipinski definition) is 1. The number of alkyl halides is 3. The molecule has 3 heterocycles. The third-order valence-electron chi connectivity index (χ3n) is 5.29. The second-order valence-electron chi connectivity index (χ2n) is 8.04. The van der Waals surface area contributed by atoms with Crippen LogP contribution in [0.25, 0.3) is 5.70 Å². The van der Waals surface area contributed by atoms with E-state index < -0.39 is 6.36 Å². The molecule has 8 nitrogen and oxygen atoms in total. The lowest BCUT2D eigenvalue weighted by Crippen LogP contribution is -2.17. The second-order valence-corrected chi connectivity index (χ2v) is 8.04. The van der Waals surface area contributed by atoms with Crippen molar-refractivity contribution in [2.24, 2.45) is 4.99 Å². The van der Waals surface area contributed by atoms with E-state index in [2.05, 4.69) is 25.1 Å². The topological polar surface area (TPSA) is 82.8 Å². The molecule has 1 aromatic carbocycles. The molecule has 0 bridgehead atoms. The van der Waals surface area contributed by atoms with Crippen LogP contribution in [0.1, 0.15) is 28.9 Å². The Hall–Kier alpha value is -3.86. The molecule has 1 N–H and O–H groups in total. The van der Waals surface area contributed by atoms with Crippen LogP contribution in [-0.2, 0) is 16.0 Å². The Kier molecular flexibility index (Phi) is 7.89. The average Bonchev–Trinajstić information content (AvgIpc) is 3.22. The molecule has 0 saturated heterocycles. The molecular weight excluding hydrogens is 475 g/mol. The standard InChI is InChI=1S/C25H26F3N5O3/c1-17-14-22(32-33(17)16-18-8-11-30-23(15-18)29-10-3-12-34-2)24-31-21(9-13-35-24)19-4-6-20(7-5-19)36-25(26,27)28/h4-9,11,14-15H,3,10,12-13,16H2,1-2H3,(H,29,30). The van der Waals surface area contributed by atoms with Gasteiger partial charge in [0.2, 0.25) is 5.90 Å². The third kappa shape index (κ3) is 6.85. The molecule has 4 rings (SSSR count). The van der Waals surface area contributed by atoms with Crippen LogP contribution in [0.2, 0.25) is 0 Å². The Morgan fingerprint density at radius 2 is 1.94 bits per heavy atom. The van der Waals surface area contributed by atoms with Gasteiger partial charge in [-0.3, -0.25) is 4.68 Å². The van der Waals surface area contributed by atoms with Crippen molar-refractivity contribution in [1.82, 2.24) is 14.8 Å². The molecule has 0 aliphatic carbocycles. The number of nitrogens with one attached hydrogen (secondary N) is 1. The number of aromatic nitrogens is 3. The maximum absolute atomic E-state index is 12.4. The first-order valence-electron chi connectivity index (χ1n) is 11.3. The molecule has 0 fully saturated rings. The van der Waals surface area contributed by atoms with Crippen LogP contribution in [0.3, 0.4) is 0 Å². The zero-order valence-electron chi connectivity index (χ0n) is 19.9. The van der Waals surface area contributed by atoms with Crippen LogP contribution in [0.4, 0.5) is 19.0 Å². The minimum atomic E-state index is -4.74. The molecule has 1 aliphatic heterocycles. The summed E-state index contributed by atoms with van der Waals surface area (Å²) < 4.78 is 53.8. The van der Waals surface area contributed by atoms with Crippen molar-refractivity contribution in [3.05, 3.63) is 77.3 Å². The molecule has 11 heteroatoms. The smallest absolute Gasteiger partial charge is 0.472 e. The monoisotopic (exact) mass is 501 g/mol. The van der Waals surface area contributed by atoms with E-state index in [-0.39, 0.29) is 12.4 Å². The molecule has 0 atom stereocenters. The first kappa shape index (κ1) is 25.2. The number of aryl methyl sites for hydroxylation is 1. The molecule has 0 saturated carbocycles. The molecule has 0 unspecified atom stereocenters. The molecule has 190 valence electrons. The fraction of sp³-hybridized carbons (Fsp3) is 0.320. The average molecular weight is 502 g/mol. The Labute approximate surface area is 206 Å². The number of ether oxygens (including phenoxy) is 3. The van der Waals surface area contributed by atoms with Crippen LogP contribution in [0, 0.1) is 6.92 Å². The van der Waals surface area contributed by atoms with Gasteiger partial charge in [0, 0.05) is 37.7 Å². The van der Waals surface area contributed by atoms with E-state index in [0.717, 1.165) is 30.0 Å². The SMILES string of the molecule is COCCCNc1cc(Cn2nc(C3=NC(c4ccc(OC(F)(F)F)cc4)=CCO3)cc2C)ccn1. The maximum Gasteiger partial charge on any atom is 0.573 e. The molecule has 1 aliphatic rings. The molecular formula is C25H26F3N5O3. The van der Waals surface area contributed by atoms with Crippen molar-refractivity contribution in [1.29, 1.82) is 0 Å². The van der Waals surface area contributed by atoms with Gasteiger partial charge in [0.05, 0.1) is 12.2 Å². The summed E-state index contributed by atoms with van der Waals surface area (Å²) in [5.41, 5.74) is 3.75. The third-order valence-corrected chi connectivity index (χ3v) is 5.29. The Morgan fingerprint density at radius 3 is 2.69 bits per heavy atom. The van der Waals surface area contributed by atoms with E-state index in [4.69, 9.17) is 9.47 Å². The number of pyridine rings is 1. The summed E-state index contributed by atoms with van der Waals surface area (Å²) in [6.07, 6.45) is -0.344. The van der Waals surface area contributed by atoms with E-state index >= 15 is 0 Å². The zero-order valence-corrected chi connectivity index (χ0v) is 19.9. The number of hydrogen-bond acceptors (Lipinski definition) is 7. The summed E-state index contributed by atoms with van der Waals surface area (Å²) in [6.45, 7) is 4.20. The maximum atomic E-state index is 12.4. The molecule has 3 aromatic rings. The quantitative estimate of drug-likeness (QED) is 0.402. The number of methoxy groups -OCH3 is 1. The Balaban J connectivity index is 1.45. The first-order chi connectivity index (χ1) is 17.3. The van der Waals surface area contributed by atoms with Gasteiger partial charge in [-0.15, -0.1) is 13.2 Å². The number of anilines is 1. The van der Waals surface area contributed by atoms with Gasteiger partial charge < -0.3 is 19.5 Å². The van der Waals surface area contributed by atoms with Crippen LogP contribution >= 0.6 is 0 Å². The highest BCUT2D eigenvalue weighted by atomic mass is 19.4. The van der Waals surface area contributed by atoms with Gasteiger partial charge in [-0.25, -0.2) is 9.98 Å². The van der Waals surface area contributed by atoms with Crippen LogP contribution in [-0.4, -0.2) is 53.9 Å². The lowest BCUT2D eigenvalue weighted by atomic mass is 10.1. The summed E-state index contributed by atoms with van der Waals surface area (Å²) in [4.78, 5) is 8.89. The number of benzene rings is 1. The predicted molar refractivity (Wildman–Crippen MR) is 129 cm³/mol. The van der Waals surface area contributed by atoms with E-state index in [1.165, 1.54) is 24.3 Å². The van der Waals surface area contributed by atoms with Gasteiger partial charge in [-0.1, -0.05) is 0 Å². The number of halogens is 3. The molecule has 0 spiro atoms. The molecule has 36 heavy (non-hydrogen) atoms. The van der Waals surface area contributed by atoms with Crippen molar-refractivity contribution in [3.63, 3.8) is 0 Å². The summed E-state index contributed by atoms with van der Waals surface area (Å²) in [6, 6.07) is 11.3. The van der Waals surface area contributed by atoms with Gasteiger partial charge in [0.25, 0.3) is 0 Å². The normalized spacial score (nSPS) is 13.6. The molecule has 0 amide bonds. The van der Waals surface area contributed by atoms with Crippen molar-refractivity contribution in [2.75, 3.05) is 32.2 Å². The molecule has 2 aromatic heterocycles. The zero-order chi connectivity index (χ0) is 25.5. The summed E-state index contributed by atoms with van der Waals surface area (Å²) in [5.74, 6) is 0.845. The van der Waals surface area contributed by atoms with Gasteiger partial charge in [-0.2, -0.15) is 5.10 Å². The Bertz CT molecular complexity index is 1240. The highest BCUT2D eigenvalue weighted by Crippen LogP contribution is 2.26.